The maximum Gasteiger partial charge on any atom is 0.254 e. The van der Waals surface area contributed by atoms with Crippen molar-refractivity contribution in [1.82, 2.24) is 4.90 Å². The zero-order chi connectivity index (χ0) is 13.2. The first-order chi connectivity index (χ1) is 7.84. The van der Waals surface area contributed by atoms with Gasteiger partial charge in [-0.05, 0) is 51.9 Å². The van der Waals surface area contributed by atoms with Crippen molar-refractivity contribution in [2.45, 2.75) is 39.8 Å². The highest BCUT2D eigenvalue weighted by molar-refractivity contribution is 6.30. The lowest BCUT2D eigenvalue weighted by atomic mass is 10.1. The molecule has 1 amide bonds. The molecule has 0 aliphatic heterocycles. The summed E-state index contributed by atoms with van der Waals surface area (Å²) in [6.45, 7) is 7.88. The van der Waals surface area contributed by atoms with Crippen molar-refractivity contribution in [3.05, 3.63) is 34.8 Å². The van der Waals surface area contributed by atoms with Gasteiger partial charge in [0.1, 0.15) is 0 Å². The van der Waals surface area contributed by atoms with Crippen molar-refractivity contribution in [3.8, 4) is 0 Å². The Bertz CT molecular complexity index is 410. The number of hydrogen-bond donors (Lipinski definition) is 0. The van der Waals surface area contributed by atoms with E-state index in [-0.39, 0.29) is 24.0 Å². The van der Waals surface area contributed by atoms with Gasteiger partial charge >= 0.3 is 0 Å². The number of carbonyl (C=O) groups is 1. The van der Waals surface area contributed by atoms with Gasteiger partial charge < -0.3 is 4.90 Å². The zero-order valence-electron chi connectivity index (χ0n) is 11.1. The van der Waals surface area contributed by atoms with E-state index in [0.717, 1.165) is 0 Å². The molecule has 0 fully saturated rings. The van der Waals surface area contributed by atoms with Crippen LogP contribution in [0.25, 0.3) is 0 Å². The molecule has 0 spiro atoms. The van der Waals surface area contributed by atoms with Gasteiger partial charge in [-0.15, -0.1) is 0 Å². The Hall–Kier alpha value is -1.02. The number of nitrogens with zero attached hydrogens (tertiary/aromatic N) is 1. The van der Waals surface area contributed by atoms with Crippen molar-refractivity contribution in [1.29, 1.82) is 0 Å². The van der Waals surface area contributed by atoms with Crippen LogP contribution < -0.4 is 0 Å². The molecule has 0 aliphatic rings. The van der Waals surface area contributed by atoms with E-state index in [1.54, 1.807) is 17.0 Å². The Morgan fingerprint density at radius 1 is 1.25 bits per heavy atom. The molecule has 1 aromatic rings. The van der Waals surface area contributed by atoms with Gasteiger partial charge in [-0.3, -0.25) is 4.79 Å². The fraction of sp³-hybridized carbons (Fsp3) is 0.462. The first kappa shape index (κ1) is 11.5. The molecule has 0 radical (unpaired) electrons. The third kappa shape index (κ3) is 2.99. The minimum Gasteiger partial charge on any atom is -0.334 e. The molecular formula is C13H18ClNO. The number of rotatable bonds is 3. The Morgan fingerprint density at radius 2 is 1.81 bits per heavy atom. The summed E-state index contributed by atoms with van der Waals surface area (Å²) >= 11 is 5.78. The first-order valence-electron chi connectivity index (χ1n) is 5.93. The average molecular weight is 241 g/mol. The largest absolute Gasteiger partial charge is 0.334 e. The van der Waals surface area contributed by atoms with Crippen LogP contribution in [0, 0.1) is 0 Å². The fourth-order valence-electron chi connectivity index (χ4n) is 1.74. The molecule has 0 aromatic heterocycles. The van der Waals surface area contributed by atoms with Crippen LogP contribution >= 0.6 is 11.6 Å². The molecule has 0 aliphatic carbocycles. The minimum absolute atomic E-state index is 0.109. The van der Waals surface area contributed by atoms with E-state index in [4.69, 9.17) is 13.0 Å². The van der Waals surface area contributed by atoms with Gasteiger partial charge in [0.25, 0.3) is 5.91 Å². The standard InChI is InChI=1S/C13H18ClNO/c1-9(2)15(10(3)4)13(16)11-5-7-12(14)8-6-11/h5-10H,1-4H3/i5D. The molecule has 16 heavy (non-hydrogen) atoms. The summed E-state index contributed by atoms with van der Waals surface area (Å²) < 4.78 is 7.79. The van der Waals surface area contributed by atoms with Gasteiger partial charge in [-0.1, -0.05) is 11.6 Å². The smallest absolute Gasteiger partial charge is 0.254 e. The lowest BCUT2D eigenvalue weighted by molar-refractivity contribution is 0.0644. The van der Waals surface area contributed by atoms with Crippen LogP contribution in [-0.2, 0) is 0 Å². The zero-order valence-corrected chi connectivity index (χ0v) is 10.9. The molecule has 0 saturated heterocycles. The summed E-state index contributed by atoms with van der Waals surface area (Å²) in [6, 6.07) is 5.15. The molecule has 0 bridgehead atoms. The second-order valence-corrected chi connectivity index (χ2v) is 4.76. The Labute approximate surface area is 104 Å². The van der Waals surface area contributed by atoms with Crippen molar-refractivity contribution in [2.75, 3.05) is 0 Å². The summed E-state index contributed by atoms with van der Waals surface area (Å²) in [5.41, 5.74) is 0.400. The fourth-order valence-corrected chi connectivity index (χ4v) is 1.86. The van der Waals surface area contributed by atoms with Crippen LogP contribution in [0.1, 0.15) is 39.4 Å². The molecule has 0 unspecified atom stereocenters. The number of hydrogen-bond acceptors (Lipinski definition) is 1. The third-order valence-corrected chi connectivity index (χ3v) is 2.59. The van der Waals surface area contributed by atoms with Crippen molar-refractivity contribution in [2.24, 2.45) is 0 Å². The number of amides is 1. The SMILES string of the molecule is [2H]c1cc(Cl)ccc1C(=O)N(C(C)C)C(C)C. The predicted molar refractivity (Wildman–Crippen MR) is 67.9 cm³/mol. The first-order valence-corrected chi connectivity index (χ1v) is 5.81. The third-order valence-electron chi connectivity index (χ3n) is 2.35. The van der Waals surface area contributed by atoms with Crippen LogP contribution in [0.5, 0.6) is 0 Å². The summed E-state index contributed by atoms with van der Waals surface area (Å²) in [4.78, 5) is 14.1. The number of benzene rings is 1. The van der Waals surface area contributed by atoms with Gasteiger partial charge in [0.05, 0.1) is 1.37 Å². The highest BCUT2D eigenvalue weighted by atomic mass is 35.5. The molecule has 1 rings (SSSR count). The lowest BCUT2D eigenvalue weighted by Gasteiger charge is -2.30. The Kier molecular flexibility index (Phi) is 3.83. The predicted octanol–water partition coefficient (Wildman–Crippen LogP) is 3.60. The Morgan fingerprint density at radius 3 is 2.25 bits per heavy atom. The van der Waals surface area contributed by atoms with Gasteiger partial charge in [0.2, 0.25) is 0 Å². The molecule has 3 heteroatoms. The van der Waals surface area contributed by atoms with Crippen LogP contribution in [0.3, 0.4) is 0 Å². The number of carbonyl (C=O) groups excluding carboxylic acids is 1. The molecule has 0 N–H and O–H groups in total. The van der Waals surface area contributed by atoms with Crippen molar-refractivity contribution >= 4 is 17.5 Å². The van der Waals surface area contributed by atoms with Crippen LogP contribution in [-0.4, -0.2) is 22.9 Å². The minimum atomic E-state index is -0.114. The number of halogens is 1. The average Bonchev–Trinajstić information content (AvgIpc) is 2.15. The van der Waals surface area contributed by atoms with E-state index in [9.17, 15) is 4.79 Å². The maximum atomic E-state index is 12.3. The van der Waals surface area contributed by atoms with E-state index < -0.39 is 0 Å². The van der Waals surface area contributed by atoms with Gasteiger partial charge in [-0.2, -0.15) is 0 Å². The van der Waals surface area contributed by atoms with E-state index in [0.29, 0.717) is 10.6 Å². The normalized spacial score (nSPS) is 11.8. The van der Waals surface area contributed by atoms with E-state index in [1.165, 1.54) is 6.07 Å². The van der Waals surface area contributed by atoms with Crippen LogP contribution in [0.2, 0.25) is 5.02 Å². The Balaban J connectivity index is 3.10. The quantitative estimate of drug-likeness (QED) is 0.791. The van der Waals surface area contributed by atoms with E-state index in [1.807, 2.05) is 27.7 Å². The van der Waals surface area contributed by atoms with E-state index >= 15 is 0 Å². The second kappa shape index (κ2) is 5.35. The van der Waals surface area contributed by atoms with Crippen molar-refractivity contribution in [3.63, 3.8) is 0 Å². The topological polar surface area (TPSA) is 20.3 Å². The maximum absolute atomic E-state index is 12.3. The summed E-state index contributed by atoms with van der Waals surface area (Å²) in [5, 5.41) is 0.479. The molecule has 2 nitrogen and oxygen atoms in total. The molecule has 0 saturated carbocycles. The van der Waals surface area contributed by atoms with Gasteiger partial charge in [0, 0.05) is 22.7 Å². The van der Waals surface area contributed by atoms with Gasteiger partial charge in [0.15, 0.2) is 0 Å². The highest BCUT2D eigenvalue weighted by Gasteiger charge is 2.21. The van der Waals surface area contributed by atoms with Crippen LogP contribution in [0.15, 0.2) is 24.2 Å². The molecule has 1 aromatic carbocycles. The van der Waals surface area contributed by atoms with Gasteiger partial charge in [-0.25, -0.2) is 0 Å². The summed E-state index contributed by atoms with van der Waals surface area (Å²) in [5.74, 6) is -0.114. The molecule has 0 heterocycles. The van der Waals surface area contributed by atoms with Crippen LogP contribution in [0.4, 0.5) is 0 Å². The lowest BCUT2D eigenvalue weighted by Crippen LogP contribution is -2.42. The molecular weight excluding hydrogens is 222 g/mol. The highest BCUT2D eigenvalue weighted by Crippen LogP contribution is 2.15. The van der Waals surface area contributed by atoms with Crippen molar-refractivity contribution < 1.29 is 6.17 Å². The summed E-state index contributed by atoms with van der Waals surface area (Å²) in [7, 11) is 0. The molecule has 0 atom stereocenters. The summed E-state index contributed by atoms with van der Waals surface area (Å²) in [6.07, 6.45) is 0. The molecule has 88 valence electrons. The van der Waals surface area contributed by atoms with E-state index in [2.05, 4.69) is 0 Å². The monoisotopic (exact) mass is 240 g/mol. The second-order valence-electron chi connectivity index (χ2n) is 4.32.